The van der Waals surface area contributed by atoms with Gasteiger partial charge in [0, 0.05) is 42.4 Å². The Morgan fingerprint density at radius 2 is 1.44 bits per heavy atom. The number of hydrogen-bond donors (Lipinski definition) is 5. The van der Waals surface area contributed by atoms with Crippen molar-refractivity contribution in [2.75, 3.05) is 27.2 Å². The summed E-state index contributed by atoms with van der Waals surface area (Å²) in [6.45, 7) is 10.4. The first-order valence-corrected chi connectivity index (χ1v) is 21.2. The monoisotopic (exact) mass is 853 g/mol. The number of alkyl halides is 2. The Balaban J connectivity index is 1.42. The van der Waals surface area contributed by atoms with Gasteiger partial charge in [-0.1, -0.05) is 34.1 Å². The molecule has 0 bridgehead atoms. The number of fused-ring (bicyclic) bond motifs is 2. The van der Waals surface area contributed by atoms with Gasteiger partial charge < -0.3 is 40.6 Å². The summed E-state index contributed by atoms with van der Waals surface area (Å²) in [6.07, 6.45) is -1.69. The molecule has 2 saturated heterocycles. The normalized spacial score (nSPS) is 21.5. The Labute approximate surface area is 353 Å². The summed E-state index contributed by atoms with van der Waals surface area (Å²) in [5.41, 5.74) is 1.43. The fourth-order valence-electron chi connectivity index (χ4n) is 8.57. The number of nitrogens with one attached hydrogen (secondary N) is 5. The summed E-state index contributed by atoms with van der Waals surface area (Å²) in [6, 6.07) is 3.92. The maximum absolute atomic E-state index is 15.6. The predicted molar refractivity (Wildman–Crippen MR) is 226 cm³/mol. The molecule has 4 heterocycles. The lowest BCUT2D eigenvalue weighted by molar-refractivity contribution is -0.140. The second-order valence-corrected chi connectivity index (χ2v) is 17.7. The number of aromatic amines is 1. The molecule has 17 heteroatoms. The minimum Gasteiger partial charge on any atom is -0.352 e. The Morgan fingerprint density at radius 3 is 2.07 bits per heavy atom. The highest BCUT2D eigenvalue weighted by molar-refractivity contribution is 5.93. The van der Waals surface area contributed by atoms with Crippen LogP contribution in [0.15, 0.2) is 36.4 Å². The van der Waals surface area contributed by atoms with E-state index in [0.29, 0.717) is 40.5 Å². The number of benzene rings is 2. The van der Waals surface area contributed by atoms with Crippen LogP contribution in [0.2, 0.25) is 0 Å². The van der Waals surface area contributed by atoms with E-state index in [1.165, 1.54) is 34.1 Å². The van der Waals surface area contributed by atoms with Crippen molar-refractivity contribution >= 4 is 45.6 Å². The highest BCUT2D eigenvalue weighted by atomic mass is 19.1. The number of amides is 4. The van der Waals surface area contributed by atoms with Gasteiger partial charge in [0.15, 0.2) is 5.82 Å². The van der Waals surface area contributed by atoms with Crippen LogP contribution < -0.4 is 21.3 Å². The van der Waals surface area contributed by atoms with Crippen LogP contribution in [0.1, 0.15) is 72.8 Å². The largest absolute Gasteiger partial charge is 0.352 e. The molecule has 4 amide bonds. The number of halogens is 4. The van der Waals surface area contributed by atoms with Crippen LogP contribution in [0.25, 0.3) is 33.5 Å². The molecular weight excluding hydrogens is 795 g/mol. The number of likely N-dealkylation sites (N-methyl/N-ethyl adjacent to an activating group) is 2. The van der Waals surface area contributed by atoms with E-state index in [0.717, 1.165) is 0 Å². The van der Waals surface area contributed by atoms with Gasteiger partial charge in [0.2, 0.25) is 23.6 Å². The molecule has 0 unspecified atom stereocenters. The van der Waals surface area contributed by atoms with Crippen LogP contribution in [-0.4, -0.2) is 124 Å². The van der Waals surface area contributed by atoms with Gasteiger partial charge >= 0.3 is 0 Å². The first kappa shape index (κ1) is 45.5. The molecule has 2 aliphatic rings. The van der Waals surface area contributed by atoms with Gasteiger partial charge in [0.1, 0.15) is 36.1 Å². The number of aromatic nitrogens is 3. The third kappa shape index (κ3) is 9.72. The second kappa shape index (κ2) is 18.5. The predicted octanol–water partition coefficient (Wildman–Crippen LogP) is 4.91. The first-order chi connectivity index (χ1) is 28.8. The van der Waals surface area contributed by atoms with Crippen LogP contribution in [0.4, 0.5) is 17.6 Å². The number of nitrogens with zero attached hydrogens (tertiary/aromatic N) is 4. The maximum atomic E-state index is 15.6. The van der Waals surface area contributed by atoms with Crippen molar-refractivity contribution in [2.45, 2.75) is 129 Å². The summed E-state index contributed by atoms with van der Waals surface area (Å²) in [5, 5.41) is 12.0. The van der Waals surface area contributed by atoms with Crippen LogP contribution in [0, 0.1) is 17.0 Å². The third-order valence-corrected chi connectivity index (χ3v) is 12.2. The molecule has 2 fully saturated rings. The highest BCUT2D eigenvalue weighted by Crippen LogP contribution is 2.38. The van der Waals surface area contributed by atoms with Crippen molar-refractivity contribution in [3.05, 3.63) is 53.6 Å². The quantitative estimate of drug-likeness (QED) is 0.107. The Morgan fingerprint density at radius 1 is 0.852 bits per heavy atom. The van der Waals surface area contributed by atoms with Crippen LogP contribution >= 0.6 is 0 Å². The SMILES string of the molecule is CCC[C@H](NC(=O)[C@H](C)NC)C(=O)N1C[C@@H](F)C[C@H]1Cn1c(-c2[nH]c3cc(F)ccc3c2C[C@@H]2C[C@H](F)CN2C(=O)[C@@H](NC(=O)[C@H](C)NC)C(C)(C)C)nc2cc(F)ccc21. The third-order valence-electron chi connectivity index (χ3n) is 12.2. The number of likely N-dealkylation sites (tertiary alicyclic amines) is 2. The molecule has 2 aliphatic heterocycles. The lowest BCUT2D eigenvalue weighted by atomic mass is 9.85. The maximum Gasteiger partial charge on any atom is 0.246 e. The van der Waals surface area contributed by atoms with E-state index in [9.17, 15) is 28.0 Å². The van der Waals surface area contributed by atoms with Gasteiger partial charge in [-0.3, -0.25) is 19.2 Å². The van der Waals surface area contributed by atoms with E-state index >= 15 is 8.78 Å². The van der Waals surface area contributed by atoms with Crippen molar-refractivity contribution < 1.29 is 36.7 Å². The zero-order chi connectivity index (χ0) is 44.5. The van der Waals surface area contributed by atoms with Crippen LogP contribution in [-0.2, 0) is 32.1 Å². The molecular formula is C44H59F4N9O4. The van der Waals surface area contributed by atoms with Crippen molar-refractivity contribution in [3.63, 3.8) is 0 Å². The molecule has 0 saturated carbocycles. The number of carbonyl (C=O) groups is 4. The van der Waals surface area contributed by atoms with E-state index in [1.807, 2.05) is 27.7 Å². The zero-order valence-corrected chi connectivity index (χ0v) is 36.2. The van der Waals surface area contributed by atoms with Crippen LogP contribution in [0.3, 0.4) is 0 Å². The zero-order valence-electron chi connectivity index (χ0n) is 36.2. The highest BCUT2D eigenvalue weighted by Gasteiger charge is 2.44. The molecule has 2 aromatic heterocycles. The number of imidazole rings is 1. The van der Waals surface area contributed by atoms with E-state index in [2.05, 4.69) is 26.3 Å². The molecule has 8 atom stereocenters. The average molecular weight is 854 g/mol. The summed E-state index contributed by atoms with van der Waals surface area (Å²) in [5.74, 6) is -2.37. The van der Waals surface area contributed by atoms with Crippen molar-refractivity contribution in [1.29, 1.82) is 0 Å². The van der Waals surface area contributed by atoms with Crippen molar-refractivity contribution in [1.82, 2.24) is 45.6 Å². The van der Waals surface area contributed by atoms with E-state index in [-0.39, 0.29) is 62.1 Å². The molecule has 0 aliphatic carbocycles. The van der Waals surface area contributed by atoms with Crippen LogP contribution in [0.5, 0.6) is 0 Å². The van der Waals surface area contributed by atoms with Crippen molar-refractivity contribution in [2.24, 2.45) is 5.41 Å². The smallest absolute Gasteiger partial charge is 0.246 e. The standard InChI is InChI=1S/C44H59F4N9O4/c1-9-10-33(53-40(58)23(2)49-7)42(60)56-21-28(48)16-30(56)22-57-36-14-12-26(46)18-35(36)52-39(57)37-32(31-13-11-25(45)17-34(31)51-37)19-29-15-27(47)20-55(29)43(61)38(44(4,5)6)54-41(59)24(3)50-8/h11-14,17-18,23-24,27-30,33,38,49-51H,9-10,15-16,19-22H2,1-8H3,(H,53,58)(H,54,59)/t23-,24-,27-,28-,29-,30-,33-,38+/m0/s1. The van der Waals surface area contributed by atoms with E-state index in [1.54, 1.807) is 44.6 Å². The van der Waals surface area contributed by atoms with E-state index in [4.69, 9.17) is 4.98 Å². The lowest BCUT2D eigenvalue weighted by Gasteiger charge is -2.36. The molecule has 332 valence electrons. The Hall–Kier alpha value is -5.03. The minimum atomic E-state index is -1.36. The van der Waals surface area contributed by atoms with Gasteiger partial charge in [0.25, 0.3) is 0 Å². The molecule has 5 N–H and O–H groups in total. The molecule has 61 heavy (non-hydrogen) atoms. The number of H-pyrrole nitrogens is 1. The summed E-state index contributed by atoms with van der Waals surface area (Å²) in [7, 11) is 3.27. The van der Waals surface area contributed by atoms with Gasteiger partial charge in [0.05, 0.1) is 47.9 Å². The van der Waals surface area contributed by atoms with E-state index < -0.39 is 77.5 Å². The first-order valence-electron chi connectivity index (χ1n) is 21.2. The Bertz CT molecular complexity index is 2260. The number of rotatable bonds is 15. The molecule has 0 spiro atoms. The van der Waals surface area contributed by atoms with Gasteiger partial charge in [-0.2, -0.15) is 0 Å². The number of carbonyl (C=O) groups excluding carboxylic acids is 4. The van der Waals surface area contributed by atoms with Gasteiger partial charge in [-0.05, 0) is 82.1 Å². The molecule has 0 radical (unpaired) electrons. The van der Waals surface area contributed by atoms with Gasteiger partial charge in [-0.15, -0.1) is 0 Å². The summed E-state index contributed by atoms with van der Waals surface area (Å²) < 4.78 is 62.5. The molecule has 6 rings (SSSR count). The summed E-state index contributed by atoms with van der Waals surface area (Å²) >= 11 is 0. The fourth-order valence-corrected chi connectivity index (χ4v) is 8.57. The topological polar surface area (TPSA) is 156 Å². The lowest BCUT2D eigenvalue weighted by Crippen LogP contribution is -2.58. The fraction of sp³-hybridized carbons (Fsp3) is 0.568. The van der Waals surface area contributed by atoms with Crippen molar-refractivity contribution in [3.8, 4) is 11.5 Å². The minimum absolute atomic E-state index is 0.00199. The number of hydrogen-bond acceptors (Lipinski definition) is 7. The average Bonchev–Trinajstić information content (AvgIpc) is 3.97. The molecule has 4 aromatic rings. The molecule has 13 nitrogen and oxygen atoms in total. The Kier molecular flexibility index (Phi) is 13.8. The summed E-state index contributed by atoms with van der Waals surface area (Å²) in [4.78, 5) is 65.6. The van der Waals surface area contributed by atoms with Gasteiger partial charge in [-0.25, -0.2) is 22.5 Å². The molecule has 2 aromatic carbocycles. The second-order valence-electron chi connectivity index (χ2n) is 17.7.